The predicted molar refractivity (Wildman–Crippen MR) is 323 cm³/mol. The number of benzene rings is 14. The van der Waals surface area contributed by atoms with Gasteiger partial charge in [0.25, 0.3) is 0 Å². The summed E-state index contributed by atoms with van der Waals surface area (Å²) in [5.74, 6) is 0. The van der Waals surface area contributed by atoms with Crippen LogP contribution in [-0.4, -0.2) is 0 Å². The topological polar surface area (TPSA) is 0 Å². The quantitative estimate of drug-likeness (QED) is 0.140. The Labute approximate surface area is 442 Å². The Hall–Kier alpha value is -9.88. The van der Waals surface area contributed by atoms with Crippen LogP contribution in [0.4, 0.5) is 0 Å². The second-order valence-corrected chi connectivity index (χ2v) is 20.4. The summed E-state index contributed by atoms with van der Waals surface area (Å²) in [7, 11) is 0. The third-order valence-electron chi connectivity index (χ3n) is 16.5. The number of hydrogen-bond acceptors (Lipinski definition) is 0. The molecular weight excluding hydrogens is 913 g/mol. The first-order chi connectivity index (χ1) is 37.8. The molecule has 16 rings (SSSR count). The molecule has 0 radical (unpaired) electrons. The van der Waals surface area contributed by atoms with Gasteiger partial charge in [-0.05, 0) is 165 Å². The number of hydrogen-bond donors (Lipinski definition) is 0. The van der Waals surface area contributed by atoms with E-state index >= 15 is 0 Å². The molecule has 0 saturated carbocycles. The number of rotatable bonds is 7. The second-order valence-electron chi connectivity index (χ2n) is 20.4. The van der Waals surface area contributed by atoms with Gasteiger partial charge >= 0.3 is 0 Å². The van der Waals surface area contributed by atoms with Gasteiger partial charge in [-0.25, -0.2) is 0 Å². The first-order valence-electron chi connectivity index (χ1n) is 26.5. The lowest BCUT2D eigenvalue weighted by Crippen LogP contribution is -1.99. The van der Waals surface area contributed by atoms with Gasteiger partial charge in [-0.2, -0.15) is 0 Å². The van der Waals surface area contributed by atoms with Crippen molar-refractivity contribution in [2.75, 3.05) is 0 Å². The van der Waals surface area contributed by atoms with Crippen molar-refractivity contribution in [2.24, 2.45) is 0 Å². The monoisotopic (exact) mass is 958 g/mol. The third kappa shape index (κ3) is 6.07. The van der Waals surface area contributed by atoms with Gasteiger partial charge in [-0.15, -0.1) is 0 Å². The van der Waals surface area contributed by atoms with Crippen molar-refractivity contribution < 1.29 is 0 Å². The average molecular weight is 959 g/mol. The van der Waals surface area contributed by atoms with E-state index in [0.717, 1.165) is 0 Å². The smallest absolute Gasteiger partial charge is 0.000116 e. The molecule has 0 aromatic heterocycles. The summed E-state index contributed by atoms with van der Waals surface area (Å²) in [4.78, 5) is 0. The van der Waals surface area contributed by atoms with Gasteiger partial charge in [-0.1, -0.05) is 279 Å². The van der Waals surface area contributed by atoms with E-state index in [1.54, 1.807) is 0 Å². The Bertz CT molecular complexity index is 4520. The van der Waals surface area contributed by atoms with Crippen molar-refractivity contribution in [2.45, 2.75) is 0 Å². The minimum atomic E-state index is 1.20. The fourth-order valence-corrected chi connectivity index (χ4v) is 13.6. The zero-order valence-corrected chi connectivity index (χ0v) is 41.6. The van der Waals surface area contributed by atoms with E-state index in [2.05, 4.69) is 279 Å². The Morgan fingerprint density at radius 3 is 0.750 bits per heavy atom. The van der Waals surface area contributed by atoms with Gasteiger partial charge < -0.3 is 0 Å². The summed E-state index contributed by atoms with van der Waals surface area (Å²) >= 11 is 0. The molecule has 14 aromatic rings. The molecule has 2 aliphatic rings. The summed E-state index contributed by atoms with van der Waals surface area (Å²) < 4.78 is 0. The maximum atomic E-state index is 2.49. The van der Waals surface area contributed by atoms with Gasteiger partial charge in [0.15, 0.2) is 0 Å². The van der Waals surface area contributed by atoms with E-state index in [9.17, 15) is 0 Å². The highest BCUT2D eigenvalue weighted by Crippen LogP contribution is 2.66. The lowest BCUT2D eigenvalue weighted by atomic mass is 9.76. The second kappa shape index (κ2) is 16.8. The Balaban J connectivity index is 1.13. The Morgan fingerprint density at radius 1 is 0.118 bits per heavy atom. The fraction of sp³-hybridized carbons (Fsp3) is 0. The number of fused-ring (bicyclic) bond motifs is 9. The lowest BCUT2D eigenvalue weighted by Gasteiger charge is -2.26. The molecule has 0 aliphatic heterocycles. The molecule has 0 atom stereocenters. The summed E-state index contributed by atoms with van der Waals surface area (Å²) in [6.07, 6.45) is 0. The molecule has 0 heterocycles. The SMILES string of the molecule is c1ccc(-c2ccccc2-c2c3c(c(-c4ccccc4)c4ccccc24)-c2ccc4c5c(ccc-3c25)-c2c-4c(-c3ccccc3)c3c(-c4ccccc4)c4ccccc4c(-c4ccccc4)c3c2-c2ccccc2)cc1. The van der Waals surface area contributed by atoms with Crippen molar-refractivity contribution in [1.82, 2.24) is 0 Å². The van der Waals surface area contributed by atoms with E-state index in [4.69, 9.17) is 0 Å². The van der Waals surface area contributed by atoms with Crippen LogP contribution in [0.1, 0.15) is 0 Å². The summed E-state index contributed by atoms with van der Waals surface area (Å²) in [6, 6.07) is 104. The van der Waals surface area contributed by atoms with E-state index in [1.807, 2.05) is 0 Å². The fourth-order valence-electron chi connectivity index (χ4n) is 13.6. The van der Waals surface area contributed by atoms with Gasteiger partial charge in [0, 0.05) is 0 Å². The highest BCUT2D eigenvalue weighted by atomic mass is 14.4. The van der Waals surface area contributed by atoms with Crippen LogP contribution in [-0.2, 0) is 0 Å². The van der Waals surface area contributed by atoms with E-state index in [0.29, 0.717) is 0 Å². The molecule has 0 unspecified atom stereocenters. The van der Waals surface area contributed by atoms with Crippen LogP contribution in [0.2, 0.25) is 0 Å². The molecule has 14 aromatic carbocycles. The maximum Gasteiger partial charge on any atom is -0.000116 e. The van der Waals surface area contributed by atoms with E-state index in [-0.39, 0.29) is 0 Å². The minimum absolute atomic E-state index is 1.20. The van der Waals surface area contributed by atoms with Crippen LogP contribution in [0, 0.1) is 0 Å². The highest BCUT2D eigenvalue weighted by molar-refractivity contribution is 6.39. The highest BCUT2D eigenvalue weighted by Gasteiger charge is 2.38. The Morgan fingerprint density at radius 2 is 0.368 bits per heavy atom. The molecule has 350 valence electrons. The van der Waals surface area contributed by atoms with Gasteiger partial charge in [0.05, 0.1) is 0 Å². The lowest BCUT2D eigenvalue weighted by molar-refractivity contribution is 1.59. The van der Waals surface area contributed by atoms with Crippen molar-refractivity contribution in [3.05, 3.63) is 279 Å². The summed E-state index contributed by atoms with van der Waals surface area (Å²) in [5, 5.41) is 10.2. The normalized spacial score (nSPS) is 11.9. The third-order valence-corrected chi connectivity index (χ3v) is 16.5. The molecule has 0 fully saturated rings. The summed E-state index contributed by atoms with van der Waals surface area (Å²) in [5.41, 5.74) is 27.6. The van der Waals surface area contributed by atoms with Crippen LogP contribution in [0.25, 0.3) is 165 Å². The van der Waals surface area contributed by atoms with Crippen molar-refractivity contribution in [3.63, 3.8) is 0 Å². The Kier molecular flexibility index (Phi) is 9.44. The van der Waals surface area contributed by atoms with Gasteiger partial charge in [0.1, 0.15) is 0 Å². The van der Waals surface area contributed by atoms with Crippen LogP contribution >= 0.6 is 0 Å². The first-order valence-corrected chi connectivity index (χ1v) is 26.5. The molecule has 0 heteroatoms. The average Bonchev–Trinajstić information content (AvgIpc) is 4.22. The molecular formula is C76H46. The van der Waals surface area contributed by atoms with Crippen molar-refractivity contribution in [3.8, 4) is 122 Å². The first kappa shape index (κ1) is 42.6. The predicted octanol–water partition coefficient (Wildman–Crippen LogP) is 21.3. The van der Waals surface area contributed by atoms with Crippen LogP contribution in [0.5, 0.6) is 0 Å². The molecule has 0 amide bonds. The van der Waals surface area contributed by atoms with Gasteiger partial charge in [0.2, 0.25) is 0 Å². The van der Waals surface area contributed by atoms with Crippen LogP contribution in [0.3, 0.4) is 0 Å². The minimum Gasteiger partial charge on any atom is -0.0622 e. The molecule has 0 saturated heterocycles. The largest absolute Gasteiger partial charge is 0.0622 e. The van der Waals surface area contributed by atoms with E-state index < -0.39 is 0 Å². The van der Waals surface area contributed by atoms with Gasteiger partial charge in [-0.3, -0.25) is 0 Å². The zero-order chi connectivity index (χ0) is 49.8. The van der Waals surface area contributed by atoms with Crippen molar-refractivity contribution >= 4 is 43.1 Å². The zero-order valence-electron chi connectivity index (χ0n) is 41.6. The molecule has 0 nitrogen and oxygen atoms in total. The van der Waals surface area contributed by atoms with Crippen LogP contribution in [0.15, 0.2) is 279 Å². The molecule has 2 aliphatic carbocycles. The molecule has 0 N–H and O–H groups in total. The van der Waals surface area contributed by atoms with E-state index in [1.165, 1.54) is 165 Å². The molecule has 0 bridgehead atoms. The molecule has 76 heavy (non-hydrogen) atoms. The van der Waals surface area contributed by atoms with Crippen LogP contribution < -0.4 is 0 Å². The van der Waals surface area contributed by atoms with Crippen molar-refractivity contribution in [1.29, 1.82) is 0 Å². The standard InChI is InChI=1S/C76H46/c1-7-25-47(26-8-1)53-37-19-20-38-54(53)68-58-42-24-23-41-57(58)63(48-27-9-2-10-28-48)71-59-43-44-60-70-61(45-46-62(69(59)70)74(68)71)73-67(52-35-17-6-18-36-52)76-65(50-31-13-4-14-32-50)56-40-22-21-39-55(56)64(49-29-11-3-12-30-49)75(76)66(72(60)73)51-33-15-5-16-34-51/h1-46H. The maximum absolute atomic E-state index is 2.49. The summed E-state index contributed by atoms with van der Waals surface area (Å²) in [6.45, 7) is 0. The molecule has 0 spiro atoms.